The van der Waals surface area contributed by atoms with Crippen molar-refractivity contribution < 1.29 is 27.5 Å². The Hall–Kier alpha value is -3.70. The molecule has 0 unspecified atom stereocenters. The minimum Gasteiger partial charge on any atom is -0.465 e. The minimum absolute atomic E-state index is 0.0404. The van der Waals surface area contributed by atoms with Gasteiger partial charge in [0.1, 0.15) is 5.60 Å². The zero-order chi connectivity index (χ0) is 29.4. The highest BCUT2D eigenvalue weighted by Crippen LogP contribution is 2.44. The molecule has 3 aromatic rings. The average molecular weight is 596 g/mol. The Kier molecular flexibility index (Phi) is 7.93. The van der Waals surface area contributed by atoms with E-state index in [2.05, 4.69) is 9.10 Å². The number of ether oxygens (including phenoxy) is 2. The van der Waals surface area contributed by atoms with Gasteiger partial charge in [0.05, 0.1) is 33.8 Å². The number of nitrogens with one attached hydrogen (secondary N) is 1. The summed E-state index contributed by atoms with van der Waals surface area (Å²) in [6.07, 6.45) is 6.36. The lowest BCUT2D eigenvalue weighted by molar-refractivity contribution is 0.0346. The van der Waals surface area contributed by atoms with Gasteiger partial charge in [-0.2, -0.15) is 0 Å². The lowest BCUT2D eigenvalue weighted by atomic mass is 10.0. The van der Waals surface area contributed by atoms with Crippen LogP contribution in [0.5, 0.6) is 0 Å². The summed E-state index contributed by atoms with van der Waals surface area (Å²) >= 11 is 1.30. The van der Waals surface area contributed by atoms with Gasteiger partial charge >= 0.3 is 12.1 Å². The smallest absolute Gasteiger partial charge is 0.414 e. The second-order valence-electron chi connectivity index (χ2n) is 11.1. The first-order chi connectivity index (χ1) is 19.5. The quantitative estimate of drug-likeness (QED) is 0.304. The van der Waals surface area contributed by atoms with Crippen molar-refractivity contribution in [3.8, 4) is 10.4 Å². The van der Waals surface area contributed by atoms with Crippen LogP contribution in [-0.2, 0) is 19.5 Å². The molecule has 5 rings (SSSR count). The molecule has 1 fully saturated rings. The molecular formula is C30H33N3O6S2. The Labute approximate surface area is 244 Å². The van der Waals surface area contributed by atoms with Crippen LogP contribution in [0.4, 0.5) is 10.5 Å². The average Bonchev–Trinajstić information content (AvgIpc) is 3.64. The summed E-state index contributed by atoms with van der Waals surface area (Å²) in [6.45, 7) is 5.86. The normalized spacial score (nSPS) is 15.7. The Balaban J connectivity index is 1.60. The molecule has 0 saturated heterocycles. The molecule has 1 aliphatic heterocycles. The molecule has 1 aromatic heterocycles. The summed E-state index contributed by atoms with van der Waals surface area (Å²) in [5, 5.41) is 0. The molecule has 2 heterocycles. The summed E-state index contributed by atoms with van der Waals surface area (Å²) in [7, 11) is -2.90. The first-order valence-corrected chi connectivity index (χ1v) is 15.7. The highest BCUT2D eigenvalue weighted by atomic mass is 32.2. The number of hydrogen-bond donors (Lipinski definition) is 1. The predicted octanol–water partition coefficient (Wildman–Crippen LogP) is 6.65. The van der Waals surface area contributed by atoms with E-state index < -0.39 is 27.7 Å². The number of sulfonamides is 1. The second-order valence-corrected chi connectivity index (χ2v) is 13.6. The van der Waals surface area contributed by atoms with Gasteiger partial charge in [0, 0.05) is 18.3 Å². The third kappa shape index (κ3) is 6.46. The zero-order valence-corrected chi connectivity index (χ0v) is 25.1. The number of allylic oxidation sites excluding steroid dienone is 1. The third-order valence-electron chi connectivity index (χ3n) is 6.83. The molecule has 0 spiro atoms. The van der Waals surface area contributed by atoms with E-state index in [9.17, 15) is 18.0 Å². The molecule has 1 saturated carbocycles. The van der Waals surface area contributed by atoms with E-state index in [0.29, 0.717) is 29.1 Å². The number of esters is 1. The van der Waals surface area contributed by atoms with Crippen molar-refractivity contribution in [2.75, 3.05) is 18.4 Å². The molecule has 9 nitrogen and oxygen atoms in total. The van der Waals surface area contributed by atoms with Crippen LogP contribution in [0.2, 0.25) is 0 Å². The van der Waals surface area contributed by atoms with E-state index in [1.807, 2.05) is 45.0 Å². The number of carbonyl (C=O) groups is 2. The van der Waals surface area contributed by atoms with Crippen molar-refractivity contribution in [1.29, 1.82) is 0 Å². The Bertz CT molecular complexity index is 1600. The monoisotopic (exact) mass is 595 g/mol. The Morgan fingerprint density at radius 3 is 2.54 bits per heavy atom. The number of carbonyl (C=O) groups excluding carboxylic acids is 2. The minimum atomic E-state index is -4.16. The van der Waals surface area contributed by atoms with Gasteiger partial charge in [-0.1, -0.05) is 24.3 Å². The first-order valence-electron chi connectivity index (χ1n) is 13.5. The summed E-state index contributed by atoms with van der Waals surface area (Å²) in [5.74, 6) is -0.503. The van der Waals surface area contributed by atoms with Crippen molar-refractivity contribution in [3.63, 3.8) is 0 Å². The van der Waals surface area contributed by atoms with Gasteiger partial charge in [-0.25, -0.2) is 22.4 Å². The molecule has 216 valence electrons. The third-order valence-corrected chi connectivity index (χ3v) is 9.05. The highest BCUT2D eigenvalue weighted by molar-refractivity contribution is 7.92. The number of amides is 1. The van der Waals surface area contributed by atoms with Crippen molar-refractivity contribution >= 4 is 45.0 Å². The van der Waals surface area contributed by atoms with E-state index in [1.54, 1.807) is 29.3 Å². The highest BCUT2D eigenvalue weighted by Gasteiger charge is 2.33. The fourth-order valence-electron chi connectivity index (χ4n) is 4.79. The van der Waals surface area contributed by atoms with E-state index in [1.165, 1.54) is 24.7 Å². The zero-order valence-electron chi connectivity index (χ0n) is 23.5. The van der Waals surface area contributed by atoms with Crippen LogP contribution >= 0.6 is 11.5 Å². The molecule has 2 aliphatic rings. The molecular weight excluding hydrogens is 562 g/mol. The van der Waals surface area contributed by atoms with E-state index in [0.717, 1.165) is 36.1 Å². The van der Waals surface area contributed by atoms with Gasteiger partial charge in [-0.3, -0.25) is 9.62 Å². The number of benzene rings is 2. The topological polar surface area (TPSA) is 115 Å². The largest absolute Gasteiger partial charge is 0.465 e. The maximum Gasteiger partial charge on any atom is 0.414 e. The summed E-state index contributed by atoms with van der Waals surface area (Å²) in [4.78, 5) is 27.9. The van der Waals surface area contributed by atoms with E-state index in [-0.39, 0.29) is 16.4 Å². The number of hydrogen-bond acceptors (Lipinski definition) is 8. The van der Waals surface area contributed by atoms with Crippen molar-refractivity contribution in [2.24, 2.45) is 0 Å². The van der Waals surface area contributed by atoms with Crippen LogP contribution in [-0.4, -0.2) is 49.0 Å². The van der Waals surface area contributed by atoms with Gasteiger partial charge in [0.2, 0.25) is 0 Å². The molecule has 1 amide bonds. The first kappa shape index (κ1) is 28.8. The van der Waals surface area contributed by atoms with Gasteiger partial charge in [0.25, 0.3) is 10.0 Å². The maximum atomic E-state index is 14.1. The number of methoxy groups -OCH3 is 1. The number of aromatic nitrogens is 1. The lowest BCUT2D eigenvalue weighted by Crippen LogP contribution is -2.37. The number of nitrogens with zero attached hydrogens (tertiary/aromatic N) is 2. The number of rotatable bonds is 7. The van der Waals surface area contributed by atoms with Gasteiger partial charge in [-0.15, -0.1) is 0 Å². The Morgan fingerprint density at radius 2 is 1.88 bits per heavy atom. The number of anilines is 1. The van der Waals surface area contributed by atoms with Crippen LogP contribution in [0, 0.1) is 0 Å². The van der Waals surface area contributed by atoms with Gasteiger partial charge in [0.15, 0.2) is 0 Å². The molecule has 0 atom stereocenters. The van der Waals surface area contributed by atoms with E-state index in [4.69, 9.17) is 9.47 Å². The van der Waals surface area contributed by atoms with Crippen molar-refractivity contribution in [1.82, 2.24) is 9.27 Å². The van der Waals surface area contributed by atoms with Crippen molar-refractivity contribution in [3.05, 3.63) is 71.4 Å². The fourth-order valence-corrected chi connectivity index (χ4v) is 6.78. The Morgan fingerprint density at radius 1 is 1.10 bits per heavy atom. The molecule has 1 aliphatic carbocycles. The summed E-state index contributed by atoms with van der Waals surface area (Å²) in [6, 6.07) is 12.0. The molecule has 2 aromatic carbocycles. The molecule has 11 heteroatoms. The van der Waals surface area contributed by atoms with Crippen molar-refractivity contribution in [2.45, 2.75) is 62.9 Å². The molecule has 0 bridgehead atoms. The lowest BCUT2D eigenvalue weighted by Gasteiger charge is -2.32. The van der Waals surface area contributed by atoms with Gasteiger partial charge < -0.3 is 9.47 Å². The SMILES string of the molecule is COC(=O)c1ccc(C2CC2)c(S(=O)(=O)Nc2cc(-c3ccns3)ccc2C2=CCCCN2C(=O)OC(C)(C)C)c1. The van der Waals surface area contributed by atoms with Crippen LogP contribution in [0.1, 0.15) is 73.9 Å². The summed E-state index contributed by atoms with van der Waals surface area (Å²) < 4.78 is 45.6. The molecule has 41 heavy (non-hydrogen) atoms. The fraction of sp³-hybridized carbons (Fsp3) is 0.367. The van der Waals surface area contributed by atoms with Crippen LogP contribution in [0.3, 0.4) is 0 Å². The standard InChI is InChI=1S/C30H33N3O6S2/c1-30(2,3)39-29(35)33-16-6-5-7-25(33)23-13-10-20(26-14-15-31-40-26)17-24(23)32-41(36,37)27-18-21(28(34)38-4)11-12-22(27)19-8-9-19/h7,10-15,17-19,32H,5-6,8-9,16H2,1-4H3. The van der Waals surface area contributed by atoms with Crippen LogP contribution in [0.25, 0.3) is 16.1 Å². The summed E-state index contributed by atoms with van der Waals surface area (Å²) in [5.41, 5.74) is 2.33. The molecule has 0 radical (unpaired) electrons. The maximum absolute atomic E-state index is 14.1. The predicted molar refractivity (Wildman–Crippen MR) is 158 cm³/mol. The van der Waals surface area contributed by atoms with Crippen LogP contribution in [0.15, 0.2) is 59.6 Å². The van der Waals surface area contributed by atoms with Crippen LogP contribution < -0.4 is 4.72 Å². The van der Waals surface area contributed by atoms with E-state index >= 15 is 0 Å². The van der Waals surface area contributed by atoms with Gasteiger partial charge in [-0.05, 0) is 99.3 Å². The molecule has 1 N–H and O–H groups in total. The second kappa shape index (κ2) is 11.3.